The first-order valence-corrected chi connectivity index (χ1v) is 3.44. The Morgan fingerprint density at radius 1 is 1.42 bits per heavy atom. The smallest absolute Gasteiger partial charge is 0.0985 e. The van der Waals surface area contributed by atoms with Gasteiger partial charge in [-0.2, -0.15) is 5.26 Å². The highest BCUT2D eigenvalue weighted by Gasteiger charge is 1.80. The van der Waals surface area contributed by atoms with Crippen LogP contribution in [-0.2, 0) is 0 Å². The molecular formula is C11H13N. The number of rotatable bonds is 2. The van der Waals surface area contributed by atoms with Gasteiger partial charge in [-0.05, 0) is 19.9 Å². The third-order valence-electron chi connectivity index (χ3n) is 1.15. The fraction of sp³-hybridized carbons (Fsp3) is 0.182. The molecule has 0 aliphatic heterocycles. The molecule has 12 heavy (non-hydrogen) atoms. The van der Waals surface area contributed by atoms with Gasteiger partial charge in [0.1, 0.15) is 0 Å². The molecule has 0 amide bonds. The normalized spacial score (nSPS) is 9.75. The minimum absolute atomic E-state index is 0.487. The molecule has 1 nitrogen and oxygen atoms in total. The average Bonchev–Trinajstić information content (AvgIpc) is 2.16. The molecule has 0 aliphatic carbocycles. The van der Waals surface area contributed by atoms with E-state index in [-0.39, 0.29) is 0 Å². The van der Waals surface area contributed by atoms with Gasteiger partial charge in [0.15, 0.2) is 0 Å². The second-order valence-electron chi connectivity index (χ2n) is 2.00. The minimum atomic E-state index is 0.487. The lowest BCUT2D eigenvalue weighted by atomic mass is 10.2. The van der Waals surface area contributed by atoms with Crippen molar-refractivity contribution in [1.82, 2.24) is 0 Å². The maximum absolute atomic E-state index is 8.30. The Morgan fingerprint density at radius 3 is 2.25 bits per heavy atom. The standard InChI is InChI=1S/C9H11N.C2H2/c1-4-8(2)5-6-9(3)7-10;1-2/h4-6H,3H2,1-2H3;1-2H/b6-5-,8-4-;. The van der Waals surface area contributed by atoms with Crippen LogP contribution in [0.2, 0.25) is 0 Å². The van der Waals surface area contributed by atoms with Gasteiger partial charge in [-0.1, -0.05) is 24.3 Å². The van der Waals surface area contributed by atoms with Crippen LogP contribution in [0, 0.1) is 24.2 Å². The van der Waals surface area contributed by atoms with E-state index in [4.69, 9.17) is 5.26 Å². The first-order valence-electron chi connectivity index (χ1n) is 3.44. The van der Waals surface area contributed by atoms with Crippen molar-refractivity contribution >= 4 is 0 Å². The molecule has 0 aromatic carbocycles. The van der Waals surface area contributed by atoms with E-state index in [0.29, 0.717) is 5.57 Å². The molecule has 0 aliphatic rings. The van der Waals surface area contributed by atoms with Crippen molar-refractivity contribution in [1.29, 1.82) is 5.26 Å². The highest BCUT2D eigenvalue weighted by Crippen LogP contribution is 1.97. The van der Waals surface area contributed by atoms with Gasteiger partial charge < -0.3 is 0 Å². The summed E-state index contributed by atoms with van der Waals surface area (Å²) in [4.78, 5) is 0. The van der Waals surface area contributed by atoms with Crippen LogP contribution in [0.5, 0.6) is 0 Å². The maximum atomic E-state index is 8.30. The van der Waals surface area contributed by atoms with Crippen molar-refractivity contribution in [3.05, 3.63) is 36.0 Å². The molecule has 0 aromatic heterocycles. The van der Waals surface area contributed by atoms with Crippen molar-refractivity contribution in [2.45, 2.75) is 13.8 Å². The first-order chi connectivity index (χ1) is 5.70. The number of terminal acetylenes is 1. The summed E-state index contributed by atoms with van der Waals surface area (Å²) in [6, 6.07) is 1.94. The summed E-state index contributed by atoms with van der Waals surface area (Å²) < 4.78 is 0. The van der Waals surface area contributed by atoms with Crippen LogP contribution in [0.4, 0.5) is 0 Å². The monoisotopic (exact) mass is 159 g/mol. The van der Waals surface area contributed by atoms with Gasteiger partial charge in [-0.3, -0.25) is 0 Å². The summed E-state index contributed by atoms with van der Waals surface area (Å²) in [5.41, 5.74) is 1.62. The molecule has 0 saturated carbocycles. The van der Waals surface area contributed by atoms with Crippen LogP contribution >= 0.6 is 0 Å². The maximum Gasteiger partial charge on any atom is 0.0985 e. The van der Waals surface area contributed by atoms with Crippen LogP contribution in [0.1, 0.15) is 13.8 Å². The van der Waals surface area contributed by atoms with E-state index in [1.54, 1.807) is 6.08 Å². The molecule has 0 saturated heterocycles. The Hall–Kier alpha value is -1.73. The SMILES string of the molecule is C#C.C=C(C#N)/C=C\C(C)=C/C. The van der Waals surface area contributed by atoms with Gasteiger partial charge in [-0.15, -0.1) is 12.8 Å². The molecule has 62 valence electrons. The van der Waals surface area contributed by atoms with E-state index in [1.807, 2.05) is 32.1 Å². The first kappa shape index (κ1) is 12.9. The van der Waals surface area contributed by atoms with Gasteiger partial charge in [0.25, 0.3) is 0 Å². The van der Waals surface area contributed by atoms with Gasteiger partial charge in [-0.25, -0.2) is 0 Å². The highest BCUT2D eigenvalue weighted by atomic mass is 14.2. The summed E-state index contributed by atoms with van der Waals surface area (Å²) in [5, 5.41) is 8.30. The van der Waals surface area contributed by atoms with Crippen LogP contribution < -0.4 is 0 Å². The van der Waals surface area contributed by atoms with E-state index in [2.05, 4.69) is 19.4 Å². The van der Waals surface area contributed by atoms with Crippen molar-refractivity contribution in [2.24, 2.45) is 0 Å². The van der Waals surface area contributed by atoms with Crippen molar-refractivity contribution in [3.8, 4) is 18.9 Å². The average molecular weight is 159 g/mol. The molecule has 0 aromatic rings. The quantitative estimate of drug-likeness (QED) is 0.345. The van der Waals surface area contributed by atoms with Crippen molar-refractivity contribution in [3.63, 3.8) is 0 Å². The Morgan fingerprint density at radius 2 is 1.92 bits per heavy atom. The number of allylic oxidation sites excluding steroid dienone is 5. The summed E-state index contributed by atoms with van der Waals surface area (Å²) >= 11 is 0. The summed E-state index contributed by atoms with van der Waals surface area (Å²) in [6.45, 7) is 7.43. The second-order valence-corrected chi connectivity index (χ2v) is 2.00. The van der Waals surface area contributed by atoms with Gasteiger partial charge in [0.05, 0.1) is 6.07 Å². The molecule has 0 N–H and O–H groups in total. The minimum Gasteiger partial charge on any atom is -0.192 e. The number of nitriles is 1. The molecule has 0 atom stereocenters. The Kier molecular flexibility index (Phi) is 9.97. The fourth-order valence-electron chi connectivity index (χ4n) is 0.366. The van der Waals surface area contributed by atoms with E-state index in [9.17, 15) is 0 Å². The highest BCUT2D eigenvalue weighted by molar-refractivity contribution is 5.33. The molecule has 0 radical (unpaired) electrons. The predicted octanol–water partition coefficient (Wildman–Crippen LogP) is 2.84. The summed E-state index contributed by atoms with van der Waals surface area (Å²) in [6.07, 6.45) is 13.5. The summed E-state index contributed by atoms with van der Waals surface area (Å²) in [7, 11) is 0. The zero-order valence-corrected chi connectivity index (χ0v) is 7.54. The Balaban J connectivity index is 0. The number of nitrogens with zero attached hydrogens (tertiary/aromatic N) is 1. The molecule has 0 unspecified atom stereocenters. The lowest BCUT2D eigenvalue weighted by Crippen LogP contribution is -1.68. The third kappa shape index (κ3) is 8.27. The van der Waals surface area contributed by atoms with Crippen molar-refractivity contribution in [2.75, 3.05) is 0 Å². The van der Waals surface area contributed by atoms with E-state index >= 15 is 0 Å². The second kappa shape index (κ2) is 9.27. The van der Waals surface area contributed by atoms with Gasteiger partial charge >= 0.3 is 0 Å². The van der Waals surface area contributed by atoms with E-state index in [0.717, 1.165) is 5.57 Å². The van der Waals surface area contributed by atoms with Crippen LogP contribution in [0.15, 0.2) is 36.0 Å². The van der Waals surface area contributed by atoms with E-state index < -0.39 is 0 Å². The van der Waals surface area contributed by atoms with Gasteiger partial charge in [0.2, 0.25) is 0 Å². The molecule has 1 heteroatoms. The fourth-order valence-corrected chi connectivity index (χ4v) is 0.366. The molecule has 0 rings (SSSR count). The lowest BCUT2D eigenvalue weighted by Gasteiger charge is -1.85. The zero-order chi connectivity index (χ0) is 9.98. The molecular weight excluding hydrogens is 146 g/mol. The Labute approximate surface area is 74.7 Å². The molecule has 0 fully saturated rings. The number of hydrogen-bond donors (Lipinski definition) is 0. The van der Waals surface area contributed by atoms with Crippen LogP contribution in [0.25, 0.3) is 0 Å². The lowest BCUT2D eigenvalue weighted by molar-refractivity contribution is 1.46. The molecule has 0 heterocycles. The largest absolute Gasteiger partial charge is 0.192 e. The molecule has 0 spiro atoms. The third-order valence-corrected chi connectivity index (χ3v) is 1.15. The summed E-state index contributed by atoms with van der Waals surface area (Å²) in [5.74, 6) is 0. The van der Waals surface area contributed by atoms with Gasteiger partial charge in [0, 0.05) is 5.57 Å². The zero-order valence-electron chi connectivity index (χ0n) is 7.54. The van der Waals surface area contributed by atoms with Crippen LogP contribution in [-0.4, -0.2) is 0 Å². The Bertz CT molecular complexity index is 246. The van der Waals surface area contributed by atoms with E-state index in [1.165, 1.54) is 0 Å². The number of hydrogen-bond acceptors (Lipinski definition) is 1. The predicted molar refractivity (Wildman–Crippen MR) is 53.2 cm³/mol. The molecule has 0 bridgehead atoms. The van der Waals surface area contributed by atoms with Crippen molar-refractivity contribution < 1.29 is 0 Å². The topological polar surface area (TPSA) is 23.8 Å². The van der Waals surface area contributed by atoms with Crippen LogP contribution in [0.3, 0.4) is 0 Å².